The van der Waals surface area contributed by atoms with E-state index in [1.807, 2.05) is 0 Å². The molecular weight excluding hydrogens is 230 g/mol. The predicted molar refractivity (Wildman–Crippen MR) is 54.5 cm³/mol. The van der Waals surface area contributed by atoms with Crippen LogP contribution in [0.5, 0.6) is 11.5 Å². The molecule has 0 saturated heterocycles. The van der Waals surface area contributed by atoms with Gasteiger partial charge in [0.15, 0.2) is 5.75 Å². The number of hydrogen-bond acceptors (Lipinski definition) is 7. The van der Waals surface area contributed by atoms with E-state index in [1.54, 1.807) is 6.92 Å². The molecule has 0 bridgehead atoms. The fraction of sp³-hybridized carbons (Fsp3) is 0.111. The van der Waals surface area contributed by atoms with Gasteiger partial charge in [-0.15, -0.1) is 0 Å². The Hall–Kier alpha value is -2.64. The number of rotatable bonds is 2. The Kier molecular flexibility index (Phi) is 2.39. The van der Waals surface area contributed by atoms with Gasteiger partial charge in [-0.05, 0) is 6.07 Å². The van der Waals surface area contributed by atoms with Crippen molar-refractivity contribution in [1.29, 1.82) is 0 Å². The normalized spacial score (nSPS) is 10.4. The lowest BCUT2D eigenvalue weighted by Crippen LogP contribution is -1.91. The molecule has 0 aliphatic heterocycles. The highest BCUT2D eigenvalue weighted by Gasteiger charge is 2.21. The lowest BCUT2D eigenvalue weighted by atomic mass is 10.1. The fourth-order valence-electron chi connectivity index (χ4n) is 1.29. The van der Waals surface area contributed by atoms with E-state index in [-0.39, 0.29) is 17.3 Å². The molecule has 0 amide bonds. The van der Waals surface area contributed by atoms with E-state index < -0.39 is 22.1 Å². The van der Waals surface area contributed by atoms with Crippen LogP contribution in [-0.2, 0) is 0 Å². The molecule has 1 aromatic carbocycles. The molecule has 17 heavy (non-hydrogen) atoms. The van der Waals surface area contributed by atoms with Crippen molar-refractivity contribution in [2.75, 3.05) is 0 Å². The van der Waals surface area contributed by atoms with Crippen LogP contribution < -0.4 is 0 Å². The van der Waals surface area contributed by atoms with Gasteiger partial charge >= 0.3 is 5.69 Å². The van der Waals surface area contributed by atoms with E-state index in [9.17, 15) is 20.3 Å². The number of phenolic OH excluding ortho intramolecular Hbond substituents is 2. The summed E-state index contributed by atoms with van der Waals surface area (Å²) in [6.45, 7) is 1.56. The topological polar surface area (TPSA) is 123 Å². The maximum absolute atomic E-state index is 10.6. The van der Waals surface area contributed by atoms with E-state index in [0.717, 1.165) is 12.1 Å². The van der Waals surface area contributed by atoms with Gasteiger partial charge in [-0.25, -0.2) is 0 Å². The molecule has 0 fully saturated rings. The average molecular weight is 237 g/mol. The number of hydrogen-bond donors (Lipinski definition) is 2. The first-order valence-corrected chi connectivity index (χ1v) is 4.50. The Labute approximate surface area is 94.3 Å². The molecule has 0 radical (unpaired) electrons. The Bertz CT molecular complexity index is 592. The molecule has 88 valence electrons. The molecule has 8 heteroatoms. The molecular formula is C9H7N3O5. The van der Waals surface area contributed by atoms with Crippen molar-refractivity contribution in [3.05, 3.63) is 28.1 Å². The minimum Gasteiger partial charge on any atom is -0.504 e. The van der Waals surface area contributed by atoms with Gasteiger partial charge in [-0.3, -0.25) is 10.1 Å². The van der Waals surface area contributed by atoms with Crippen LogP contribution in [-0.4, -0.2) is 25.3 Å². The third-order valence-electron chi connectivity index (χ3n) is 2.05. The van der Waals surface area contributed by atoms with Gasteiger partial charge in [0.05, 0.1) is 4.92 Å². The zero-order valence-corrected chi connectivity index (χ0v) is 8.62. The van der Waals surface area contributed by atoms with E-state index in [1.165, 1.54) is 0 Å². The zero-order valence-electron chi connectivity index (χ0n) is 8.62. The highest BCUT2D eigenvalue weighted by atomic mass is 16.6. The van der Waals surface area contributed by atoms with Crippen LogP contribution >= 0.6 is 0 Å². The molecule has 1 heterocycles. The average Bonchev–Trinajstić information content (AvgIpc) is 2.68. The molecule has 0 unspecified atom stereocenters. The van der Waals surface area contributed by atoms with Crippen molar-refractivity contribution >= 4 is 5.69 Å². The van der Waals surface area contributed by atoms with Gasteiger partial charge in [-0.2, -0.15) is 4.98 Å². The Morgan fingerprint density at radius 3 is 2.65 bits per heavy atom. The van der Waals surface area contributed by atoms with E-state index in [4.69, 9.17) is 4.52 Å². The summed E-state index contributed by atoms with van der Waals surface area (Å²) in [5, 5.41) is 32.8. The summed E-state index contributed by atoms with van der Waals surface area (Å²) in [6.07, 6.45) is 0. The van der Waals surface area contributed by atoms with Crippen molar-refractivity contribution in [2.24, 2.45) is 0 Å². The number of aryl methyl sites for hydroxylation is 1. The van der Waals surface area contributed by atoms with Crippen molar-refractivity contribution in [3.8, 4) is 22.9 Å². The minimum absolute atomic E-state index is 0.0981. The van der Waals surface area contributed by atoms with Crippen molar-refractivity contribution in [2.45, 2.75) is 6.92 Å². The molecule has 0 atom stereocenters. The van der Waals surface area contributed by atoms with Gasteiger partial charge in [0.1, 0.15) is 0 Å². The largest absolute Gasteiger partial charge is 0.504 e. The molecule has 0 aliphatic rings. The highest BCUT2D eigenvalue weighted by molar-refractivity contribution is 5.68. The smallest absolute Gasteiger partial charge is 0.315 e. The summed E-state index contributed by atoms with van der Waals surface area (Å²) < 4.78 is 4.71. The molecule has 0 aliphatic carbocycles. The predicted octanol–water partition coefficient (Wildman–Crippen LogP) is 1.36. The second kappa shape index (κ2) is 3.74. The first-order valence-electron chi connectivity index (χ1n) is 4.50. The summed E-state index contributed by atoms with van der Waals surface area (Å²) in [5.74, 6) is -1.02. The Balaban J connectivity index is 2.60. The van der Waals surface area contributed by atoms with Crippen LogP contribution in [0.2, 0.25) is 0 Å². The van der Waals surface area contributed by atoms with Crippen LogP contribution in [0.1, 0.15) is 5.89 Å². The summed E-state index contributed by atoms with van der Waals surface area (Å²) in [7, 11) is 0. The monoisotopic (exact) mass is 237 g/mol. The Morgan fingerprint density at radius 1 is 1.41 bits per heavy atom. The first kappa shape index (κ1) is 10.9. The van der Waals surface area contributed by atoms with Gasteiger partial charge in [0.25, 0.3) is 0 Å². The minimum atomic E-state index is -0.814. The van der Waals surface area contributed by atoms with E-state index >= 15 is 0 Å². The van der Waals surface area contributed by atoms with E-state index in [0.29, 0.717) is 0 Å². The zero-order chi connectivity index (χ0) is 12.6. The second-order valence-electron chi connectivity index (χ2n) is 3.26. The number of nitrogens with zero attached hydrogens (tertiary/aromatic N) is 3. The van der Waals surface area contributed by atoms with Crippen LogP contribution in [0.25, 0.3) is 11.4 Å². The molecule has 2 N–H and O–H groups in total. The SMILES string of the molecule is Cc1nc(-c2cc(O)c(O)c([N+](=O)[O-])c2)no1. The number of nitro groups is 1. The summed E-state index contributed by atoms with van der Waals surface area (Å²) in [4.78, 5) is 13.7. The lowest BCUT2D eigenvalue weighted by Gasteiger charge is -2.01. The molecule has 0 saturated carbocycles. The maximum atomic E-state index is 10.6. The number of aromatic hydroxyl groups is 2. The molecule has 2 aromatic rings. The third-order valence-corrected chi connectivity index (χ3v) is 2.05. The summed E-state index contributed by atoms with van der Waals surface area (Å²) >= 11 is 0. The lowest BCUT2D eigenvalue weighted by molar-refractivity contribution is -0.385. The number of nitro benzene ring substituents is 1. The summed E-state index contributed by atoms with van der Waals surface area (Å²) in [5.41, 5.74) is -0.439. The molecule has 2 rings (SSSR count). The van der Waals surface area contributed by atoms with Crippen molar-refractivity contribution < 1.29 is 19.7 Å². The third kappa shape index (κ3) is 1.87. The highest BCUT2D eigenvalue weighted by Crippen LogP contribution is 2.38. The van der Waals surface area contributed by atoms with Crippen LogP contribution in [0.15, 0.2) is 16.7 Å². The number of aromatic nitrogens is 2. The maximum Gasteiger partial charge on any atom is 0.315 e. The molecule has 8 nitrogen and oxygen atoms in total. The second-order valence-corrected chi connectivity index (χ2v) is 3.26. The Morgan fingerprint density at radius 2 is 2.12 bits per heavy atom. The van der Waals surface area contributed by atoms with Gasteiger partial charge < -0.3 is 14.7 Å². The van der Waals surface area contributed by atoms with Crippen molar-refractivity contribution in [3.63, 3.8) is 0 Å². The fourth-order valence-corrected chi connectivity index (χ4v) is 1.29. The number of phenols is 2. The van der Waals surface area contributed by atoms with Crippen LogP contribution in [0, 0.1) is 17.0 Å². The molecule has 0 spiro atoms. The van der Waals surface area contributed by atoms with Crippen LogP contribution in [0.3, 0.4) is 0 Å². The van der Waals surface area contributed by atoms with Crippen molar-refractivity contribution in [1.82, 2.24) is 10.1 Å². The van der Waals surface area contributed by atoms with Gasteiger partial charge in [0.2, 0.25) is 17.5 Å². The van der Waals surface area contributed by atoms with Gasteiger partial charge in [0, 0.05) is 18.6 Å². The molecule has 1 aromatic heterocycles. The summed E-state index contributed by atoms with van der Waals surface area (Å²) in [6, 6.07) is 2.17. The standard InChI is InChI=1S/C9H7N3O5/c1-4-10-9(11-17-4)5-2-6(12(15)16)8(14)7(13)3-5/h2-3,13-14H,1H3. The van der Waals surface area contributed by atoms with E-state index in [2.05, 4.69) is 10.1 Å². The first-order chi connectivity index (χ1) is 7.99. The van der Waals surface area contributed by atoms with Gasteiger partial charge in [-0.1, -0.05) is 5.16 Å². The van der Waals surface area contributed by atoms with Crippen LogP contribution in [0.4, 0.5) is 5.69 Å². The number of benzene rings is 1. The quantitative estimate of drug-likeness (QED) is 0.459.